The molecule has 1 fully saturated rings. The van der Waals surface area contributed by atoms with Crippen molar-refractivity contribution in [2.45, 2.75) is 38.5 Å². The Kier molecular flexibility index (Phi) is 3.96. The number of amides is 1. The summed E-state index contributed by atoms with van der Waals surface area (Å²) >= 11 is 0. The van der Waals surface area contributed by atoms with E-state index >= 15 is 0 Å². The van der Waals surface area contributed by atoms with Crippen molar-refractivity contribution in [1.82, 2.24) is 10.2 Å². The number of piperidine rings is 1. The van der Waals surface area contributed by atoms with Crippen LogP contribution in [0, 0.1) is 0 Å². The van der Waals surface area contributed by atoms with Crippen molar-refractivity contribution in [3.63, 3.8) is 0 Å². The number of nitrogens with one attached hydrogen (secondary N) is 1. The molecule has 88 valence electrons. The normalized spacial score (nSPS) is 23.9. The lowest BCUT2D eigenvalue weighted by Gasteiger charge is -2.36. The van der Waals surface area contributed by atoms with Gasteiger partial charge in [0.15, 0.2) is 0 Å². The van der Waals surface area contributed by atoms with Crippen molar-refractivity contribution in [2.75, 3.05) is 13.1 Å². The molecule has 1 amide bonds. The molecular formula is C9H15F3N2O. The molecule has 0 saturated carbocycles. The molecule has 1 N–H and O–H groups in total. The molecule has 0 radical (unpaired) electrons. The molecule has 0 aromatic carbocycles. The maximum Gasteiger partial charge on any atom is 0.460 e. The van der Waals surface area contributed by atoms with E-state index in [1.807, 2.05) is 0 Å². The van der Waals surface area contributed by atoms with Crippen molar-refractivity contribution in [1.29, 1.82) is 0 Å². The third-order valence-corrected chi connectivity index (χ3v) is 2.54. The molecule has 1 saturated heterocycles. The molecule has 0 unspecified atom stereocenters. The van der Waals surface area contributed by atoms with Crippen molar-refractivity contribution in [3.8, 4) is 0 Å². The van der Waals surface area contributed by atoms with Crippen LogP contribution in [0.3, 0.4) is 0 Å². The molecule has 0 aliphatic carbocycles. The second-order valence-electron chi connectivity index (χ2n) is 3.75. The predicted molar refractivity (Wildman–Crippen MR) is 49.1 cm³/mol. The highest BCUT2D eigenvalue weighted by molar-refractivity contribution is 5.72. The molecule has 1 heterocycles. The maximum absolute atomic E-state index is 12.5. The molecule has 0 aromatic heterocycles. The van der Waals surface area contributed by atoms with Gasteiger partial charge in [-0.05, 0) is 12.8 Å². The highest BCUT2D eigenvalue weighted by Crippen LogP contribution is 2.29. The Labute approximate surface area is 86.6 Å². The largest absolute Gasteiger partial charge is 0.460 e. The highest BCUT2D eigenvalue weighted by Gasteiger charge is 2.42. The van der Waals surface area contributed by atoms with Gasteiger partial charge < -0.3 is 5.32 Å². The van der Waals surface area contributed by atoms with Gasteiger partial charge in [-0.25, -0.2) is 4.90 Å². The summed E-state index contributed by atoms with van der Waals surface area (Å²) in [5.74, 6) is -0.289. The van der Waals surface area contributed by atoms with Gasteiger partial charge in [0, 0.05) is 26.1 Å². The Morgan fingerprint density at radius 1 is 1.47 bits per heavy atom. The number of hydrogen-bond donors (Lipinski definition) is 1. The number of hydrogen-bond acceptors (Lipinski definition) is 2. The van der Waals surface area contributed by atoms with Gasteiger partial charge in [-0.2, -0.15) is 13.2 Å². The summed E-state index contributed by atoms with van der Waals surface area (Å²) in [6.45, 7) is 1.42. The number of halogens is 3. The molecule has 1 aliphatic heterocycles. The number of nitrogens with zero attached hydrogens (tertiary/aromatic N) is 1. The first kappa shape index (κ1) is 12.3. The van der Waals surface area contributed by atoms with Crippen molar-refractivity contribution in [2.24, 2.45) is 0 Å². The second kappa shape index (κ2) is 4.83. The molecule has 15 heavy (non-hydrogen) atoms. The third-order valence-electron chi connectivity index (χ3n) is 2.54. The summed E-state index contributed by atoms with van der Waals surface area (Å²) in [6, 6.07) is -0.609. The van der Waals surface area contributed by atoms with E-state index in [1.54, 1.807) is 0 Å². The summed E-state index contributed by atoms with van der Waals surface area (Å²) in [7, 11) is 0. The maximum atomic E-state index is 12.5. The van der Waals surface area contributed by atoms with Crippen LogP contribution in [-0.4, -0.2) is 36.2 Å². The minimum atomic E-state index is -4.29. The van der Waals surface area contributed by atoms with Gasteiger partial charge in [0.1, 0.15) is 0 Å². The molecule has 0 aromatic rings. The molecule has 1 aliphatic rings. The summed E-state index contributed by atoms with van der Waals surface area (Å²) in [6.07, 6.45) is -2.45. The van der Waals surface area contributed by atoms with Crippen LogP contribution in [0.4, 0.5) is 13.2 Å². The summed E-state index contributed by atoms with van der Waals surface area (Å²) < 4.78 is 37.6. The second-order valence-corrected chi connectivity index (χ2v) is 3.75. The average molecular weight is 224 g/mol. The van der Waals surface area contributed by atoms with E-state index in [9.17, 15) is 18.0 Å². The van der Waals surface area contributed by atoms with Crippen LogP contribution in [0.25, 0.3) is 0 Å². The van der Waals surface area contributed by atoms with Gasteiger partial charge in [-0.15, -0.1) is 0 Å². The van der Waals surface area contributed by atoms with Crippen LogP contribution in [-0.2, 0) is 4.79 Å². The third kappa shape index (κ3) is 3.70. The quantitative estimate of drug-likeness (QED) is 0.721. The Morgan fingerprint density at radius 2 is 2.13 bits per heavy atom. The predicted octanol–water partition coefficient (Wildman–Crippen LogP) is 1.50. The van der Waals surface area contributed by atoms with E-state index in [1.165, 1.54) is 6.92 Å². The van der Waals surface area contributed by atoms with Crippen LogP contribution < -0.4 is 5.32 Å². The van der Waals surface area contributed by atoms with E-state index < -0.39 is 12.3 Å². The fourth-order valence-electron chi connectivity index (χ4n) is 1.81. The van der Waals surface area contributed by atoms with Gasteiger partial charge >= 0.3 is 6.30 Å². The molecule has 0 spiro atoms. The van der Waals surface area contributed by atoms with Crippen molar-refractivity contribution in [3.05, 3.63) is 0 Å². The van der Waals surface area contributed by atoms with Crippen molar-refractivity contribution < 1.29 is 18.0 Å². The minimum absolute atomic E-state index is 0.0355. The summed E-state index contributed by atoms with van der Waals surface area (Å²) in [4.78, 5) is 11.2. The van der Waals surface area contributed by atoms with Gasteiger partial charge in [-0.3, -0.25) is 4.79 Å². The van der Waals surface area contributed by atoms with Crippen LogP contribution in [0.1, 0.15) is 26.2 Å². The summed E-state index contributed by atoms with van der Waals surface area (Å²) in [5, 5.41) is 2.44. The monoisotopic (exact) mass is 224 g/mol. The Balaban J connectivity index is 2.54. The standard InChI is InChI=1S/C9H15F3N2O/c1-7(15)13-6-8-4-2-3-5-14(8)9(10,11)12/h8H,2-6H2,1H3,(H,13,15)/t8-/m1/s1. The molecule has 3 nitrogen and oxygen atoms in total. The molecule has 1 rings (SSSR count). The molecule has 6 heteroatoms. The van der Waals surface area contributed by atoms with E-state index in [0.717, 1.165) is 6.42 Å². The van der Waals surface area contributed by atoms with Gasteiger partial charge in [-0.1, -0.05) is 6.42 Å². The smallest absolute Gasteiger partial charge is 0.355 e. The van der Waals surface area contributed by atoms with Crippen LogP contribution >= 0.6 is 0 Å². The Morgan fingerprint density at radius 3 is 2.67 bits per heavy atom. The number of carbonyl (C=O) groups excluding carboxylic acids is 1. The molecule has 1 atom stereocenters. The zero-order valence-electron chi connectivity index (χ0n) is 8.60. The lowest BCUT2D eigenvalue weighted by molar-refractivity contribution is -0.263. The van der Waals surface area contributed by atoms with Crippen LogP contribution in [0.5, 0.6) is 0 Å². The highest BCUT2D eigenvalue weighted by atomic mass is 19.4. The van der Waals surface area contributed by atoms with E-state index in [2.05, 4.69) is 5.32 Å². The zero-order valence-corrected chi connectivity index (χ0v) is 8.60. The first-order chi connectivity index (χ1) is 6.91. The molecular weight excluding hydrogens is 209 g/mol. The number of alkyl halides is 3. The SMILES string of the molecule is CC(=O)NC[C@H]1CCCCN1C(F)(F)F. The first-order valence-corrected chi connectivity index (χ1v) is 4.99. The van der Waals surface area contributed by atoms with Gasteiger partial charge in [0.05, 0.1) is 0 Å². The van der Waals surface area contributed by atoms with Gasteiger partial charge in [0.2, 0.25) is 5.91 Å². The summed E-state index contributed by atoms with van der Waals surface area (Å²) in [5.41, 5.74) is 0. The first-order valence-electron chi connectivity index (χ1n) is 4.99. The average Bonchev–Trinajstić information content (AvgIpc) is 2.13. The van der Waals surface area contributed by atoms with Gasteiger partial charge in [0.25, 0.3) is 0 Å². The lowest BCUT2D eigenvalue weighted by Crippen LogP contribution is -2.52. The Hall–Kier alpha value is -0.780. The zero-order chi connectivity index (χ0) is 11.5. The topological polar surface area (TPSA) is 32.3 Å². The number of likely N-dealkylation sites (tertiary alicyclic amines) is 1. The minimum Gasteiger partial charge on any atom is -0.355 e. The van der Waals surface area contributed by atoms with Crippen molar-refractivity contribution >= 4 is 5.91 Å². The van der Waals surface area contributed by atoms with Crippen LogP contribution in [0.2, 0.25) is 0 Å². The Bertz CT molecular complexity index is 230. The number of carbonyl (C=O) groups is 1. The van der Waals surface area contributed by atoms with E-state index in [0.29, 0.717) is 17.7 Å². The fourth-order valence-corrected chi connectivity index (χ4v) is 1.81. The number of rotatable bonds is 2. The van der Waals surface area contributed by atoms with E-state index in [4.69, 9.17) is 0 Å². The molecule has 0 bridgehead atoms. The van der Waals surface area contributed by atoms with Crippen LogP contribution in [0.15, 0.2) is 0 Å². The lowest BCUT2D eigenvalue weighted by atomic mass is 10.0. The fraction of sp³-hybridized carbons (Fsp3) is 0.889. The van der Waals surface area contributed by atoms with E-state index in [-0.39, 0.29) is 19.0 Å².